The number of carbonyl (C=O) groups excluding carboxylic acids is 1. The number of amides is 1. The van der Waals surface area contributed by atoms with Crippen LogP contribution < -0.4 is 5.73 Å². The number of benzene rings is 1. The lowest BCUT2D eigenvalue weighted by Gasteiger charge is -2.25. The quantitative estimate of drug-likeness (QED) is 0.873. The topological polar surface area (TPSA) is 55.6 Å². The van der Waals surface area contributed by atoms with E-state index in [4.69, 9.17) is 10.5 Å². The Labute approximate surface area is 126 Å². The molecule has 0 saturated carbocycles. The summed E-state index contributed by atoms with van der Waals surface area (Å²) in [5.41, 5.74) is 6.63. The van der Waals surface area contributed by atoms with Crippen LogP contribution in [0.5, 0.6) is 0 Å². The van der Waals surface area contributed by atoms with E-state index in [0.29, 0.717) is 26.1 Å². The van der Waals surface area contributed by atoms with E-state index >= 15 is 0 Å². The van der Waals surface area contributed by atoms with Gasteiger partial charge in [-0.3, -0.25) is 4.79 Å². The zero-order valence-corrected chi connectivity index (χ0v) is 12.5. The first-order chi connectivity index (χ1) is 9.29. The van der Waals surface area contributed by atoms with E-state index in [1.807, 2.05) is 35.2 Å². The van der Waals surface area contributed by atoms with Crippen LogP contribution in [-0.4, -0.2) is 36.6 Å². The molecule has 1 aromatic carbocycles. The largest absolute Gasteiger partial charge is 0.376 e. The molecular formula is C15H23ClN2O2. The molecule has 1 atom stereocenters. The molecule has 1 amide bonds. The average molecular weight is 299 g/mol. The summed E-state index contributed by atoms with van der Waals surface area (Å²) in [6.07, 6.45) is 2.72. The molecule has 0 bridgehead atoms. The fraction of sp³-hybridized carbons (Fsp3) is 0.533. The molecule has 4 nitrogen and oxygen atoms in total. The van der Waals surface area contributed by atoms with Crippen LogP contribution in [0, 0.1) is 0 Å². The molecule has 20 heavy (non-hydrogen) atoms. The fourth-order valence-corrected chi connectivity index (χ4v) is 2.37. The van der Waals surface area contributed by atoms with E-state index in [1.54, 1.807) is 0 Å². The van der Waals surface area contributed by atoms with Gasteiger partial charge in [0, 0.05) is 32.7 Å². The predicted octanol–water partition coefficient (Wildman–Crippen LogP) is 1.96. The highest BCUT2D eigenvalue weighted by atomic mass is 35.5. The number of nitrogens with two attached hydrogens (primary N) is 1. The molecule has 1 fully saturated rings. The summed E-state index contributed by atoms with van der Waals surface area (Å²) in [7, 11) is 0. The van der Waals surface area contributed by atoms with Gasteiger partial charge in [-0.2, -0.15) is 0 Å². The zero-order chi connectivity index (χ0) is 13.5. The number of carbonyl (C=O) groups is 1. The van der Waals surface area contributed by atoms with Gasteiger partial charge in [-0.1, -0.05) is 30.3 Å². The SMILES string of the molecule is Cl.NCCC(=O)N(Cc1ccccc1)CC1CCCO1. The molecule has 1 unspecified atom stereocenters. The maximum absolute atomic E-state index is 12.1. The molecule has 1 aliphatic rings. The van der Waals surface area contributed by atoms with Gasteiger partial charge in [0.05, 0.1) is 6.10 Å². The van der Waals surface area contributed by atoms with Crippen LogP contribution in [0.2, 0.25) is 0 Å². The molecule has 2 N–H and O–H groups in total. The van der Waals surface area contributed by atoms with Crippen LogP contribution in [0.3, 0.4) is 0 Å². The minimum Gasteiger partial charge on any atom is -0.376 e. The number of rotatable bonds is 6. The second kappa shape index (κ2) is 8.95. The van der Waals surface area contributed by atoms with Crippen molar-refractivity contribution in [3.63, 3.8) is 0 Å². The van der Waals surface area contributed by atoms with E-state index in [1.165, 1.54) is 0 Å². The molecule has 2 rings (SSSR count). The predicted molar refractivity (Wildman–Crippen MR) is 81.8 cm³/mol. The molecule has 0 radical (unpaired) electrons. The number of halogens is 1. The summed E-state index contributed by atoms with van der Waals surface area (Å²) >= 11 is 0. The first-order valence-corrected chi connectivity index (χ1v) is 6.93. The van der Waals surface area contributed by atoms with Crippen molar-refractivity contribution in [2.24, 2.45) is 5.73 Å². The highest BCUT2D eigenvalue weighted by Crippen LogP contribution is 2.15. The van der Waals surface area contributed by atoms with Gasteiger partial charge in [0.25, 0.3) is 0 Å². The monoisotopic (exact) mass is 298 g/mol. The molecule has 1 saturated heterocycles. The maximum Gasteiger partial charge on any atom is 0.224 e. The Morgan fingerprint density at radius 1 is 1.35 bits per heavy atom. The van der Waals surface area contributed by atoms with Crippen molar-refractivity contribution in [2.45, 2.75) is 31.9 Å². The van der Waals surface area contributed by atoms with Crippen LogP contribution in [0.1, 0.15) is 24.8 Å². The first kappa shape index (κ1) is 17.0. The van der Waals surface area contributed by atoms with Crippen LogP contribution in [0.25, 0.3) is 0 Å². The van der Waals surface area contributed by atoms with E-state index < -0.39 is 0 Å². The van der Waals surface area contributed by atoms with Gasteiger partial charge in [-0.25, -0.2) is 0 Å². The lowest BCUT2D eigenvalue weighted by Crippen LogP contribution is -2.37. The second-order valence-electron chi connectivity index (χ2n) is 4.93. The highest BCUT2D eigenvalue weighted by Gasteiger charge is 2.22. The molecule has 5 heteroatoms. The van der Waals surface area contributed by atoms with Crippen molar-refractivity contribution in [2.75, 3.05) is 19.7 Å². The molecule has 0 aliphatic carbocycles. The summed E-state index contributed by atoms with van der Waals surface area (Å²) in [5, 5.41) is 0. The van der Waals surface area contributed by atoms with Gasteiger partial charge in [-0.15, -0.1) is 12.4 Å². The lowest BCUT2D eigenvalue weighted by atomic mass is 10.1. The normalized spacial score (nSPS) is 17.6. The Hall–Kier alpha value is -1.10. The minimum atomic E-state index is 0. The summed E-state index contributed by atoms with van der Waals surface area (Å²) in [5.74, 6) is 0.113. The zero-order valence-electron chi connectivity index (χ0n) is 11.7. The van der Waals surface area contributed by atoms with Gasteiger partial charge in [0.1, 0.15) is 0 Å². The highest BCUT2D eigenvalue weighted by molar-refractivity contribution is 5.85. The number of hydrogen-bond donors (Lipinski definition) is 1. The standard InChI is InChI=1S/C15H22N2O2.ClH/c16-9-8-15(18)17(12-14-7-4-10-19-14)11-13-5-2-1-3-6-13;/h1-3,5-6,14H,4,7-12,16H2;1H. The van der Waals surface area contributed by atoms with Crippen molar-refractivity contribution in [1.29, 1.82) is 0 Å². The van der Waals surface area contributed by atoms with Gasteiger partial charge in [0.15, 0.2) is 0 Å². The Bertz CT molecular complexity index is 394. The van der Waals surface area contributed by atoms with Crippen molar-refractivity contribution in [1.82, 2.24) is 4.90 Å². The Balaban J connectivity index is 0.00000200. The number of nitrogens with zero attached hydrogens (tertiary/aromatic N) is 1. The molecule has 1 aliphatic heterocycles. The molecule has 0 aromatic heterocycles. The number of hydrogen-bond acceptors (Lipinski definition) is 3. The Morgan fingerprint density at radius 2 is 2.10 bits per heavy atom. The van der Waals surface area contributed by atoms with E-state index in [2.05, 4.69) is 0 Å². The molecule has 1 aromatic rings. The van der Waals surface area contributed by atoms with Gasteiger partial charge < -0.3 is 15.4 Å². The van der Waals surface area contributed by atoms with Gasteiger partial charge >= 0.3 is 0 Å². The number of ether oxygens (including phenoxy) is 1. The third-order valence-corrected chi connectivity index (χ3v) is 3.38. The van der Waals surface area contributed by atoms with Gasteiger partial charge in [0.2, 0.25) is 5.91 Å². The second-order valence-corrected chi connectivity index (χ2v) is 4.93. The van der Waals surface area contributed by atoms with Crippen LogP contribution >= 0.6 is 12.4 Å². The summed E-state index contributed by atoms with van der Waals surface area (Å²) in [6.45, 7) is 2.53. The summed E-state index contributed by atoms with van der Waals surface area (Å²) in [4.78, 5) is 14.0. The minimum absolute atomic E-state index is 0. The fourth-order valence-electron chi connectivity index (χ4n) is 2.37. The van der Waals surface area contributed by atoms with Crippen molar-refractivity contribution >= 4 is 18.3 Å². The van der Waals surface area contributed by atoms with Crippen molar-refractivity contribution in [3.8, 4) is 0 Å². The van der Waals surface area contributed by atoms with Crippen molar-refractivity contribution in [3.05, 3.63) is 35.9 Å². The average Bonchev–Trinajstić information content (AvgIpc) is 2.92. The lowest BCUT2D eigenvalue weighted by molar-refractivity contribution is -0.133. The molecule has 0 spiro atoms. The van der Waals surface area contributed by atoms with E-state index in [-0.39, 0.29) is 24.4 Å². The van der Waals surface area contributed by atoms with Gasteiger partial charge in [-0.05, 0) is 18.4 Å². The van der Waals surface area contributed by atoms with Crippen molar-refractivity contribution < 1.29 is 9.53 Å². The Kier molecular flexibility index (Phi) is 7.59. The third-order valence-electron chi connectivity index (χ3n) is 3.38. The van der Waals surface area contributed by atoms with E-state index in [9.17, 15) is 4.79 Å². The van der Waals surface area contributed by atoms with Crippen LogP contribution in [0.15, 0.2) is 30.3 Å². The Morgan fingerprint density at radius 3 is 2.70 bits per heavy atom. The molecular weight excluding hydrogens is 276 g/mol. The summed E-state index contributed by atoms with van der Waals surface area (Å²) < 4.78 is 5.62. The van der Waals surface area contributed by atoms with Crippen LogP contribution in [-0.2, 0) is 16.1 Å². The van der Waals surface area contributed by atoms with E-state index in [0.717, 1.165) is 25.0 Å². The molecule has 112 valence electrons. The first-order valence-electron chi connectivity index (χ1n) is 6.93. The summed E-state index contributed by atoms with van der Waals surface area (Å²) in [6, 6.07) is 10.0. The smallest absolute Gasteiger partial charge is 0.224 e. The maximum atomic E-state index is 12.1. The molecule has 1 heterocycles. The van der Waals surface area contributed by atoms with Crippen LogP contribution in [0.4, 0.5) is 0 Å². The third kappa shape index (κ3) is 5.12.